The van der Waals surface area contributed by atoms with Crippen LogP contribution in [0.5, 0.6) is 11.5 Å². The van der Waals surface area contributed by atoms with E-state index < -0.39 is 11.6 Å². The maximum atomic E-state index is 14.0. The zero-order chi connectivity index (χ0) is 17.5. The van der Waals surface area contributed by atoms with Gasteiger partial charge in [0.05, 0.1) is 12.2 Å². The molecule has 3 nitrogen and oxygen atoms in total. The van der Waals surface area contributed by atoms with Gasteiger partial charge in [-0.1, -0.05) is 12.5 Å². The van der Waals surface area contributed by atoms with Crippen molar-refractivity contribution in [2.75, 3.05) is 6.61 Å². The average molecular weight is 334 g/mol. The molecule has 1 aliphatic carbocycles. The number of halogens is 1. The molecule has 0 radical (unpaired) electrons. The number of Topliss-reactive ketones (excluding diaryl/α,β-unsaturated/α-hetero) is 1. The molecule has 0 heterocycles. The van der Waals surface area contributed by atoms with Gasteiger partial charge < -0.3 is 9.84 Å². The summed E-state index contributed by atoms with van der Waals surface area (Å²) in [6.45, 7) is 5.89. The van der Waals surface area contributed by atoms with Crippen LogP contribution in [0, 0.1) is 17.7 Å². The van der Waals surface area contributed by atoms with E-state index in [-0.39, 0.29) is 17.1 Å². The Morgan fingerprint density at radius 1 is 1.38 bits per heavy atom. The van der Waals surface area contributed by atoms with Crippen molar-refractivity contribution < 1.29 is 19.0 Å². The molecule has 132 valence electrons. The monoisotopic (exact) mass is 334 g/mol. The number of phenols is 1. The summed E-state index contributed by atoms with van der Waals surface area (Å²) < 4.78 is 19.0. The predicted octanol–water partition coefficient (Wildman–Crippen LogP) is 5.28. The Balaban J connectivity index is 1.85. The van der Waals surface area contributed by atoms with E-state index in [0.717, 1.165) is 12.8 Å². The van der Waals surface area contributed by atoms with Gasteiger partial charge in [0.1, 0.15) is 0 Å². The number of ether oxygens (including phenoxy) is 1. The van der Waals surface area contributed by atoms with E-state index >= 15 is 0 Å². The molecular weight excluding hydrogens is 307 g/mol. The Morgan fingerprint density at radius 3 is 2.71 bits per heavy atom. The summed E-state index contributed by atoms with van der Waals surface area (Å²) in [5.74, 6) is -0.381. The van der Waals surface area contributed by atoms with Gasteiger partial charge in [-0.25, -0.2) is 0 Å². The molecule has 2 rings (SSSR count). The van der Waals surface area contributed by atoms with Crippen molar-refractivity contribution in [1.29, 1.82) is 0 Å². The lowest BCUT2D eigenvalue weighted by molar-refractivity contribution is 0.0972. The molecule has 1 aromatic rings. The molecule has 0 atom stereocenters. The van der Waals surface area contributed by atoms with Gasteiger partial charge in [-0.05, 0) is 63.0 Å². The first kappa shape index (κ1) is 18.5. The molecular formula is C20H27FO3. The number of carbonyl (C=O) groups is 1. The highest BCUT2D eigenvalue weighted by Gasteiger charge is 2.21. The van der Waals surface area contributed by atoms with Crippen molar-refractivity contribution in [3.63, 3.8) is 0 Å². The third kappa shape index (κ3) is 4.59. The van der Waals surface area contributed by atoms with Crippen molar-refractivity contribution in [2.45, 2.75) is 51.9 Å². The highest BCUT2D eigenvalue weighted by molar-refractivity contribution is 5.98. The van der Waals surface area contributed by atoms with Gasteiger partial charge in [0.25, 0.3) is 0 Å². The van der Waals surface area contributed by atoms with E-state index in [2.05, 4.69) is 6.58 Å². The smallest absolute Gasteiger partial charge is 0.207 e. The number of aromatic hydroxyl groups is 1. The molecule has 1 saturated carbocycles. The van der Waals surface area contributed by atoms with E-state index in [1.807, 2.05) is 6.08 Å². The van der Waals surface area contributed by atoms with E-state index in [4.69, 9.17) is 4.74 Å². The molecule has 0 unspecified atom stereocenters. The quantitative estimate of drug-likeness (QED) is 0.520. The Kier molecular flexibility index (Phi) is 6.83. The normalized spacial score (nSPS) is 20.6. The number of rotatable bonds is 8. The molecule has 0 saturated heterocycles. The fourth-order valence-corrected chi connectivity index (χ4v) is 3.44. The molecule has 0 spiro atoms. The summed E-state index contributed by atoms with van der Waals surface area (Å²) in [6.07, 6.45) is 8.92. The first-order valence-electron chi connectivity index (χ1n) is 8.86. The van der Waals surface area contributed by atoms with Crippen LogP contribution in [0.1, 0.15) is 62.2 Å². The van der Waals surface area contributed by atoms with Gasteiger partial charge in [-0.15, -0.1) is 6.58 Å². The molecule has 4 heteroatoms. The van der Waals surface area contributed by atoms with E-state index in [9.17, 15) is 14.3 Å². The molecule has 0 amide bonds. The lowest BCUT2D eigenvalue weighted by Crippen LogP contribution is -2.13. The Bertz CT molecular complexity index is 574. The Labute approximate surface area is 143 Å². The second kappa shape index (κ2) is 8.86. The second-order valence-electron chi connectivity index (χ2n) is 6.54. The van der Waals surface area contributed by atoms with Crippen molar-refractivity contribution in [3.8, 4) is 11.5 Å². The third-order valence-electron chi connectivity index (χ3n) is 4.92. The number of hydrogen-bond donors (Lipinski definition) is 1. The van der Waals surface area contributed by atoms with Crippen LogP contribution in [0.4, 0.5) is 4.39 Å². The fraction of sp³-hybridized carbons (Fsp3) is 0.550. The van der Waals surface area contributed by atoms with Gasteiger partial charge >= 0.3 is 0 Å². The molecule has 0 bridgehead atoms. The largest absolute Gasteiger partial charge is 0.504 e. The fourth-order valence-electron chi connectivity index (χ4n) is 3.44. The SMILES string of the molecule is C=CC1CCC(CCCC(=O)c2ccc(OCC)c(F)c2O)CC1. The number of hydrogen-bond acceptors (Lipinski definition) is 3. The van der Waals surface area contributed by atoms with E-state index in [0.29, 0.717) is 24.9 Å². The minimum Gasteiger partial charge on any atom is -0.504 e. The highest BCUT2D eigenvalue weighted by atomic mass is 19.1. The molecule has 0 aromatic heterocycles. The zero-order valence-corrected chi connectivity index (χ0v) is 14.4. The lowest BCUT2D eigenvalue weighted by Gasteiger charge is -2.26. The highest BCUT2D eigenvalue weighted by Crippen LogP contribution is 2.33. The third-order valence-corrected chi connectivity index (χ3v) is 4.92. The Morgan fingerprint density at radius 2 is 2.08 bits per heavy atom. The van der Waals surface area contributed by atoms with E-state index in [1.54, 1.807) is 6.92 Å². The molecule has 0 aliphatic heterocycles. The summed E-state index contributed by atoms with van der Waals surface area (Å²) in [7, 11) is 0. The summed E-state index contributed by atoms with van der Waals surface area (Å²) in [5.41, 5.74) is 0.0475. The van der Waals surface area contributed by atoms with Crippen LogP contribution in [-0.2, 0) is 0 Å². The van der Waals surface area contributed by atoms with Crippen molar-refractivity contribution in [1.82, 2.24) is 0 Å². The number of carbonyl (C=O) groups excluding carboxylic acids is 1. The summed E-state index contributed by atoms with van der Waals surface area (Å²) in [6, 6.07) is 2.85. The number of benzene rings is 1. The van der Waals surface area contributed by atoms with Crippen molar-refractivity contribution in [3.05, 3.63) is 36.2 Å². The number of allylic oxidation sites excluding steroid dienone is 1. The van der Waals surface area contributed by atoms with Crippen LogP contribution in [0.2, 0.25) is 0 Å². The average Bonchev–Trinajstić information content (AvgIpc) is 2.60. The van der Waals surface area contributed by atoms with E-state index in [1.165, 1.54) is 37.8 Å². The van der Waals surface area contributed by atoms with Crippen LogP contribution in [0.25, 0.3) is 0 Å². The molecule has 1 aromatic carbocycles. The Hall–Kier alpha value is -1.84. The van der Waals surface area contributed by atoms with Crippen LogP contribution < -0.4 is 4.74 Å². The predicted molar refractivity (Wildman–Crippen MR) is 93.1 cm³/mol. The van der Waals surface area contributed by atoms with Gasteiger partial charge in [0.15, 0.2) is 17.3 Å². The zero-order valence-electron chi connectivity index (χ0n) is 14.4. The topological polar surface area (TPSA) is 46.5 Å². The van der Waals surface area contributed by atoms with Gasteiger partial charge in [-0.2, -0.15) is 4.39 Å². The first-order valence-corrected chi connectivity index (χ1v) is 8.86. The van der Waals surface area contributed by atoms with Crippen LogP contribution in [0.15, 0.2) is 24.8 Å². The maximum absolute atomic E-state index is 14.0. The summed E-state index contributed by atoms with van der Waals surface area (Å²) in [4.78, 5) is 12.2. The van der Waals surface area contributed by atoms with Gasteiger partial charge in [-0.3, -0.25) is 4.79 Å². The lowest BCUT2D eigenvalue weighted by atomic mass is 9.80. The summed E-state index contributed by atoms with van der Waals surface area (Å²) in [5, 5.41) is 9.89. The molecule has 24 heavy (non-hydrogen) atoms. The summed E-state index contributed by atoms with van der Waals surface area (Å²) >= 11 is 0. The molecule has 1 N–H and O–H groups in total. The van der Waals surface area contributed by atoms with Gasteiger partial charge in [0.2, 0.25) is 5.82 Å². The minimum atomic E-state index is -0.856. The number of phenolic OH excluding ortho intramolecular Hbond substituents is 1. The second-order valence-corrected chi connectivity index (χ2v) is 6.54. The van der Waals surface area contributed by atoms with Crippen molar-refractivity contribution >= 4 is 5.78 Å². The standard InChI is InChI=1S/C20H27FO3/c1-3-14-8-10-15(11-9-14)6-5-7-17(22)16-12-13-18(24-4-2)19(21)20(16)23/h3,12-15,23H,1,4-11H2,2H3. The van der Waals surface area contributed by atoms with Crippen molar-refractivity contribution in [2.24, 2.45) is 11.8 Å². The van der Waals surface area contributed by atoms with Crippen LogP contribution in [-0.4, -0.2) is 17.5 Å². The number of ketones is 1. The van der Waals surface area contributed by atoms with Gasteiger partial charge in [0, 0.05) is 6.42 Å². The molecule has 1 aliphatic rings. The van der Waals surface area contributed by atoms with Crippen LogP contribution >= 0.6 is 0 Å². The molecule has 1 fully saturated rings. The maximum Gasteiger partial charge on any atom is 0.207 e. The minimum absolute atomic E-state index is 0.0227. The van der Waals surface area contributed by atoms with Crippen LogP contribution in [0.3, 0.4) is 0 Å². The first-order chi connectivity index (χ1) is 11.6.